The van der Waals surface area contributed by atoms with E-state index >= 15 is 0 Å². The van der Waals surface area contributed by atoms with Crippen LogP contribution in [0.1, 0.15) is 25.7 Å². The molecule has 1 aromatic carbocycles. The molecule has 1 aromatic heterocycles. The van der Waals surface area contributed by atoms with Crippen LogP contribution in [0.2, 0.25) is 5.02 Å². The Labute approximate surface area is 128 Å². The number of likely N-dealkylation sites (tertiary alicyclic amines) is 1. The second-order valence-corrected chi connectivity index (χ2v) is 5.88. The molecule has 0 aliphatic carbocycles. The van der Waals surface area contributed by atoms with Crippen LogP contribution in [0.15, 0.2) is 18.2 Å². The number of fused-ring (bicyclic) bond motifs is 1. The summed E-state index contributed by atoms with van der Waals surface area (Å²) in [6.07, 6.45) is 3.91. The van der Waals surface area contributed by atoms with Crippen LogP contribution in [0.5, 0.6) is 0 Å². The number of aromatic nitrogens is 2. The highest BCUT2D eigenvalue weighted by Gasteiger charge is 2.17. The van der Waals surface area contributed by atoms with Gasteiger partial charge in [0.25, 0.3) is 0 Å². The number of benzene rings is 1. The molecule has 1 saturated heterocycles. The van der Waals surface area contributed by atoms with E-state index in [0.29, 0.717) is 23.9 Å². The summed E-state index contributed by atoms with van der Waals surface area (Å²) in [5.74, 6) is 0.628. The predicted octanol–water partition coefficient (Wildman–Crippen LogP) is 2.67. The van der Waals surface area contributed by atoms with Crippen LogP contribution >= 0.6 is 11.6 Å². The van der Waals surface area contributed by atoms with Gasteiger partial charge in [0.2, 0.25) is 11.9 Å². The van der Waals surface area contributed by atoms with E-state index in [1.54, 1.807) is 6.07 Å². The highest BCUT2D eigenvalue weighted by atomic mass is 35.5. The van der Waals surface area contributed by atoms with Crippen molar-refractivity contribution in [2.45, 2.75) is 32.2 Å². The molecular weight excluding hydrogens is 288 g/mol. The van der Waals surface area contributed by atoms with Gasteiger partial charge in [0.15, 0.2) is 0 Å². The van der Waals surface area contributed by atoms with Gasteiger partial charge in [0.05, 0.1) is 11.0 Å². The van der Waals surface area contributed by atoms with E-state index in [1.807, 2.05) is 21.6 Å². The fraction of sp³-hybridized carbons (Fsp3) is 0.467. The molecule has 1 amide bonds. The van der Waals surface area contributed by atoms with Crippen molar-refractivity contribution < 1.29 is 4.79 Å². The Morgan fingerprint density at radius 3 is 2.81 bits per heavy atom. The van der Waals surface area contributed by atoms with Crippen molar-refractivity contribution in [2.75, 3.05) is 18.8 Å². The molecule has 0 saturated carbocycles. The Balaban J connectivity index is 1.72. The minimum Gasteiger partial charge on any atom is -0.369 e. The number of carbonyl (C=O) groups is 1. The highest BCUT2D eigenvalue weighted by molar-refractivity contribution is 6.31. The quantitative estimate of drug-likeness (QED) is 0.948. The molecule has 1 fully saturated rings. The number of imidazole rings is 1. The second kappa shape index (κ2) is 5.93. The number of anilines is 1. The third-order valence-electron chi connectivity index (χ3n) is 4.00. The summed E-state index contributed by atoms with van der Waals surface area (Å²) in [6, 6.07) is 5.50. The normalized spacial score (nSPS) is 15.6. The Bertz CT molecular complexity index is 661. The number of amides is 1. The Hall–Kier alpha value is -1.75. The molecule has 0 atom stereocenters. The van der Waals surface area contributed by atoms with Crippen LogP contribution < -0.4 is 5.73 Å². The molecule has 5 nitrogen and oxygen atoms in total. The fourth-order valence-corrected chi connectivity index (χ4v) is 3.03. The van der Waals surface area contributed by atoms with E-state index in [-0.39, 0.29) is 5.91 Å². The largest absolute Gasteiger partial charge is 0.369 e. The molecule has 0 unspecified atom stereocenters. The number of piperidine rings is 1. The van der Waals surface area contributed by atoms with Crippen LogP contribution in [0.3, 0.4) is 0 Å². The van der Waals surface area contributed by atoms with Gasteiger partial charge in [-0.25, -0.2) is 4.98 Å². The average molecular weight is 307 g/mol. The van der Waals surface area contributed by atoms with E-state index in [4.69, 9.17) is 17.3 Å². The third-order valence-corrected chi connectivity index (χ3v) is 4.23. The third kappa shape index (κ3) is 2.97. The first-order chi connectivity index (χ1) is 10.1. The molecule has 3 rings (SSSR count). The fourth-order valence-electron chi connectivity index (χ4n) is 2.87. The van der Waals surface area contributed by atoms with Crippen molar-refractivity contribution in [3.05, 3.63) is 23.2 Å². The summed E-state index contributed by atoms with van der Waals surface area (Å²) >= 11 is 5.96. The molecule has 0 spiro atoms. The minimum absolute atomic E-state index is 0.199. The predicted molar refractivity (Wildman–Crippen MR) is 84.2 cm³/mol. The molecule has 0 radical (unpaired) electrons. The van der Waals surface area contributed by atoms with Crippen molar-refractivity contribution in [2.24, 2.45) is 0 Å². The Morgan fingerprint density at radius 1 is 1.29 bits per heavy atom. The lowest BCUT2D eigenvalue weighted by atomic mass is 10.1. The van der Waals surface area contributed by atoms with Gasteiger partial charge in [0, 0.05) is 31.1 Å². The van der Waals surface area contributed by atoms with Crippen molar-refractivity contribution in [3.63, 3.8) is 0 Å². The van der Waals surface area contributed by atoms with Crippen molar-refractivity contribution in [3.8, 4) is 0 Å². The first-order valence-corrected chi connectivity index (χ1v) is 7.72. The lowest BCUT2D eigenvalue weighted by Crippen LogP contribution is -2.36. The highest BCUT2D eigenvalue weighted by Crippen LogP contribution is 2.22. The van der Waals surface area contributed by atoms with E-state index in [1.165, 1.54) is 6.42 Å². The summed E-state index contributed by atoms with van der Waals surface area (Å²) in [7, 11) is 0. The molecule has 1 aliphatic heterocycles. The first-order valence-electron chi connectivity index (χ1n) is 7.34. The van der Waals surface area contributed by atoms with Gasteiger partial charge in [-0.3, -0.25) is 4.79 Å². The standard InChI is InChI=1S/C15H19ClN4O/c16-11-4-5-13-12(10-11)18-15(17)20(13)9-6-14(21)19-7-2-1-3-8-19/h4-5,10H,1-3,6-9H2,(H2,17,18). The van der Waals surface area contributed by atoms with E-state index < -0.39 is 0 Å². The summed E-state index contributed by atoms with van der Waals surface area (Å²) in [5, 5.41) is 0.636. The molecule has 1 aliphatic rings. The number of aryl methyl sites for hydroxylation is 1. The van der Waals surface area contributed by atoms with E-state index in [9.17, 15) is 4.79 Å². The summed E-state index contributed by atoms with van der Waals surface area (Å²) < 4.78 is 1.88. The van der Waals surface area contributed by atoms with Gasteiger partial charge < -0.3 is 15.2 Å². The number of hydrogen-bond acceptors (Lipinski definition) is 3. The zero-order valence-electron chi connectivity index (χ0n) is 11.9. The van der Waals surface area contributed by atoms with Crippen LogP contribution in [0.4, 0.5) is 5.95 Å². The zero-order chi connectivity index (χ0) is 14.8. The lowest BCUT2D eigenvalue weighted by Gasteiger charge is -2.26. The maximum Gasteiger partial charge on any atom is 0.224 e. The number of carbonyl (C=O) groups excluding carboxylic acids is 1. The van der Waals surface area contributed by atoms with Crippen LogP contribution in [0, 0.1) is 0 Å². The van der Waals surface area contributed by atoms with Crippen LogP contribution in [0.25, 0.3) is 11.0 Å². The molecule has 2 heterocycles. The number of hydrogen-bond donors (Lipinski definition) is 1. The van der Waals surface area contributed by atoms with Crippen molar-refractivity contribution in [1.82, 2.24) is 14.5 Å². The van der Waals surface area contributed by atoms with Crippen molar-refractivity contribution in [1.29, 1.82) is 0 Å². The molecule has 2 N–H and O–H groups in total. The maximum atomic E-state index is 12.2. The smallest absolute Gasteiger partial charge is 0.224 e. The number of nitrogens with zero attached hydrogens (tertiary/aromatic N) is 3. The lowest BCUT2D eigenvalue weighted by molar-refractivity contribution is -0.132. The van der Waals surface area contributed by atoms with Crippen LogP contribution in [-0.2, 0) is 11.3 Å². The summed E-state index contributed by atoms with van der Waals surface area (Å²) in [6.45, 7) is 2.32. The Kier molecular flexibility index (Phi) is 4.01. The first kappa shape index (κ1) is 14.2. The van der Waals surface area contributed by atoms with Gasteiger partial charge in [-0.15, -0.1) is 0 Å². The maximum absolute atomic E-state index is 12.2. The molecule has 21 heavy (non-hydrogen) atoms. The number of nitrogen functional groups attached to an aromatic ring is 1. The molecule has 112 valence electrons. The zero-order valence-corrected chi connectivity index (χ0v) is 12.6. The van der Waals surface area contributed by atoms with Gasteiger partial charge >= 0.3 is 0 Å². The topological polar surface area (TPSA) is 64.1 Å². The van der Waals surface area contributed by atoms with Gasteiger partial charge in [-0.2, -0.15) is 0 Å². The van der Waals surface area contributed by atoms with Gasteiger partial charge in [-0.05, 0) is 37.5 Å². The number of halogens is 1. The minimum atomic E-state index is 0.199. The average Bonchev–Trinajstić information content (AvgIpc) is 2.80. The molecule has 0 bridgehead atoms. The number of rotatable bonds is 3. The Morgan fingerprint density at radius 2 is 2.05 bits per heavy atom. The van der Waals surface area contributed by atoms with E-state index in [0.717, 1.165) is 37.0 Å². The van der Waals surface area contributed by atoms with Gasteiger partial charge in [-0.1, -0.05) is 11.6 Å². The molecule has 6 heteroatoms. The molecular formula is C15H19ClN4O. The second-order valence-electron chi connectivity index (χ2n) is 5.45. The summed E-state index contributed by atoms with van der Waals surface area (Å²) in [4.78, 5) is 18.5. The van der Waals surface area contributed by atoms with E-state index in [2.05, 4.69) is 4.98 Å². The van der Waals surface area contributed by atoms with Crippen LogP contribution in [-0.4, -0.2) is 33.4 Å². The number of nitrogens with two attached hydrogens (primary N) is 1. The van der Waals surface area contributed by atoms with Crippen molar-refractivity contribution >= 4 is 34.5 Å². The summed E-state index contributed by atoms with van der Waals surface area (Å²) in [5.41, 5.74) is 7.64. The molecule has 2 aromatic rings. The monoisotopic (exact) mass is 306 g/mol. The van der Waals surface area contributed by atoms with Gasteiger partial charge in [0.1, 0.15) is 0 Å². The SMILES string of the molecule is Nc1nc2cc(Cl)ccc2n1CCC(=O)N1CCCCC1.